The average molecular weight is 128 g/mol. The number of cyclic esters (lactones) is 1. The summed E-state index contributed by atoms with van der Waals surface area (Å²) in [6.07, 6.45) is 0.252. The molecule has 0 aliphatic carbocycles. The Hall–Kier alpha value is -0.830. The number of aliphatic hydroxyl groups excluding tert-OH is 1. The Kier molecular flexibility index (Phi) is 1.53. The van der Waals surface area contributed by atoms with E-state index in [1.807, 2.05) is 0 Å². The van der Waals surface area contributed by atoms with Crippen LogP contribution >= 0.6 is 0 Å². The second-order valence-corrected chi connectivity index (χ2v) is 1.97. The lowest BCUT2D eigenvalue weighted by atomic mass is 10.2. The molecule has 1 aliphatic heterocycles. The Morgan fingerprint density at radius 2 is 2.44 bits per heavy atom. The van der Waals surface area contributed by atoms with E-state index in [-0.39, 0.29) is 19.0 Å². The molecule has 0 fully saturated rings. The SMILES string of the molecule is CC1=C(CO)CC(=O)O1. The summed E-state index contributed by atoms with van der Waals surface area (Å²) in [6.45, 7) is 1.61. The molecular formula is C6H8O3. The highest BCUT2D eigenvalue weighted by atomic mass is 16.5. The molecule has 3 nitrogen and oxygen atoms in total. The largest absolute Gasteiger partial charge is 0.431 e. The average Bonchev–Trinajstić information content (AvgIpc) is 2.10. The highest BCUT2D eigenvalue weighted by molar-refractivity contribution is 5.76. The molecule has 0 unspecified atom stereocenters. The van der Waals surface area contributed by atoms with Crippen LogP contribution in [0.15, 0.2) is 11.3 Å². The summed E-state index contributed by atoms with van der Waals surface area (Å²) in [5.74, 6) is 0.291. The van der Waals surface area contributed by atoms with Crippen molar-refractivity contribution in [1.82, 2.24) is 0 Å². The molecule has 1 heterocycles. The van der Waals surface area contributed by atoms with E-state index in [0.29, 0.717) is 11.3 Å². The van der Waals surface area contributed by atoms with E-state index in [9.17, 15) is 4.79 Å². The lowest BCUT2D eigenvalue weighted by Crippen LogP contribution is -1.92. The van der Waals surface area contributed by atoms with Crippen molar-refractivity contribution in [3.63, 3.8) is 0 Å². The summed E-state index contributed by atoms with van der Waals surface area (Å²) >= 11 is 0. The molecule has 0 radical (unpaired) electrons. The summed E-state index contributed by atoms with van der Waals surface area (Å²) in [4.78, 5) is 10.4. The van der Waals surface area contributed by atoms with Gasteiger partial charge in [-0.2, -0.15) is 0 Å². The Labute approximate surface area is 52.9 Å². The first-order valence-electron chi connectivity index (χ1n) is 2.74. The van der Waals surface area contributed by atoms with Crippen molar-refractivity contribution >= 4 is 5.97 Å². The van der Waals surface area contributed by atoms with Gasteiger partial charge in [0.15, 0.2) is 0 Å². The van der Waals surface area contributed by atoms with Crippen molar-refractivity contribution < 1.29 is 14.6 Å². The number of ether oxygens (including phenoxy) is 1. The van der Waals surface area contributed by atoms with Gasteiger partial charge in [-0.05, 0) is 6.92 Å². The van der Waals surface area contributed by atoms with E-state index < -0.39 is 0 Å². The molecule has 0 spiro atoms. The van der Waals surface area contributed by atoms with E-state index in [1.165, 1.54) is 0 Å². The standard InChI is InChI=1S/C6H8O3/c1-4-5(3-7)2-6(8)9-4/h7H,2-3H2,1H3. The minimum Gasteiger partial charge on any atom is -0.431 e. The van der Waals surface area contributed by atoms with Gasteiger partial charge in [0.1, 0.15) is 5.76 Å². The second kappa shape index (κ2) is 2.19. The highest BCUT2D eigenvalue weighted by Crippen LogP contribution is 2.18. The van der Waals surface area contributed by atoms with Crippen molar-refractivity contribution in [2.45, 2.75) is 13.3 Å². The van der Waals surface area contributed by atoms with Gasteiger partial charge in [0.25, 0.3) is 0 Å². The molecule has 0 saturated carbocycles. The van der Waals surface area contributed by atoms with E-state index >= 15 is 0 Å². The second-order valence-electron chi connectivity index (χ2n) is 1.97. The third-order valence-corrected chi connectivity index (χ3v) is 1.31. The van der Waals surface area contributed by atoms with Gasteiger partial charge in [0.2, 0.25) is 0 Å². The van der Waals surface area contributed by atoms with Gasteiger partial charge in [-0.15, -0.1) is 0 Å². The van der Waals surface area contributed by atoms with E-state index in [1.54, 1.807) is 6.92 Å². The van der Waals surface area contributed by atoms with Gasteiger partial charge in [-0.25, -0.2) is 0 Å². The maximum atomic E-state index is 10.4. The fourth-order valence-electron chi connectivity index (χ4n) is 0.745. The molecule has 0 amide bonds. The van der Waals surface area contributed by atoms with Gasteiger partial charge < -0.3 is 9.84 Å². The van der Waals surface area contributed by atoms with Crippen LogP contribution in [0.2, 0.25) is 0 Å². The monoisotopic (exact) mass is 128 g/mol. The first kappa shape index (κ1) is 6.29. The van der Waals surface area contributed by atoms with Crippen LogP contribution in [0.4, 0.5) is 0 Å². The molecule has 0 aromatic rings. The number of carbonyl (C=O) groups excluding carboxylic acids is 1. The van der Waals surface area contributed by atoms with Crippen LogP contribution in [0.5, 0.6) is 0 Å². The van der Waals surface area contributed by atoms with E-state index in [0.717, 1.165) is 0 Å². The van der Waals surface area contributed by atoms with Crippen LogP contribution in [0.3, 0.4) is 0 Å². The number of rotatable bonds is 1. The van der Waals surface area contributed by atoms with Crippen LogP contribution in [-0.4, -0.2) is 17.7 Å². The Bertz CT molecular complexity index is 169. The summed E-state index contributed by atoms with van der Waals surface area (Å²) in [7, 11) is 0. The number of carbonyl (C=O) groups is 1. The number of hydrogen-bond acceptors (Lipinski definition) is 3. The molecule has 1 aliphatic rings. The van der Waals surface area contributed by atoms with Crippen molar-refractivity contribution in [3.8, 4) is 0 Å². The summed E-state index contributed by atoms with van der Waals surface area (Å²) in [5, 5.41) is 8.56. The highest BCUT2D eigenvalue weighted by Gasteiger charge is 2.18. The molecule has 0 bridgehead atoms. The summed E-state index contributed by atoms with van der Waals surface area (Å²) in [5.41, 5.74) is 0.694. The van der Waals surface area contributed by atoms with E-state index in [2.05, 4.69) is 4.74 Å². The molecular weight excluding hydrogens is 120 g/mol. The predicted octanol–water partition coefficient (Wildman–Crippen LogP) is 0.200. The van der Waals surface area contributed by atoms with Crippen molar-refractivity contribution in [2.75, 3.05) is 6.61 Å². The minimum absolute atomic E-state index is 0.0719. The zero-order valence-electron chi connectivity index (χ0n) is 5.18. The van der Waals surface area contributed by atoms with Crippen molar-refractivity contribution in [1.29, 1.82) is 0 Å². The minimum atomic E-state index is -0.267. The first-order valence-corrected chi connectivity index (χ1v) is 2.74. The van der Waals surface area contributed by atoms with Crippen LogP contribution in [0.1, 0.15) is 13.3 Å². The molecule has 0 aromatic heterocycles. The molecule has 3 heteroatoms. The number of esters is 1. The van der Waals surface area contributed by atoms with Crippen LogP contribution in [0.25, 0.3) is 0 Å². The van der Waals surface area contributed by atoms with Crippen molar-refractivity contribution in [3.05, 3.63) is 11.3 Å². The fraction of sp³-hybridized carbons (Fsp3) is 0.500. The molecule has 0 aromatic carbocycles. The molecule has 0 atom stereocenters. The number of aliphatic hydroxyl groups is 1. The van der Waals surface area contributed by atoms with Crippen molar-refractivity contribution in [2.24, 2.45) is 0 Å². The zero-order chi connectivity index (χ0) is 6.85. The summed E-state index contributed by atoms with van der Waals surface area (Å²) < 4.78 is 4.65. The third kappa shape index (κ3) is 1.10. The first-order chi connectivity index (χ1) is 4.24. The van der Waals surface area contributed by atoms with Crippen LogP contribution in [0, 0.1) is 0 Å². The fourth-order valence-corrected chi connectivity index (χ4v) is 0.745. The van der Waals surface area contributed by atoms with Gasteiger partial charge in [-0.3, -0.25) is 4.79 Å². The molecule has 0 saturated heterocycles. The molecule has 50 valence electrons. The third-order valence-electron chi connectivity index (χ3n) is 1.31. The summed E-state index contributed by atoms with van der Waals surface area (Å²) in [6, 6.07) is 0. The molecule has 1 N–H and O–H groups in total. The lowest BCUT2D eigenvalue weighted by molar-refractivity contribution is -0.136. The van der Waals surface area contributed by atoms with Crippen LogP contribution in [-0.2, 0) is 9.53 Å². The Morgan fingerprint density at radius 3 is 2.67 bits per heavy atom. The smallest absolute Gasteiger partial charge is 0.315 e. The predicted molar refractivity (Wildman–Crippen MR) is 30.5 cm³/mol. The maximum absolute atomic E-state index is 10.4. The number of allylic oxidation sites excluding steroid dienone is 1. The lowest BCUT2D eigenvalue weighted by Gasteiger charge is -1.91. The van der Waals surface area contributed by atoms with Crippen LogP contribution < -0.4 is 0 Å². The Balaban J connectivity index is 2.69. The van der Waals surface area contributed by atoms with Gasteiger partial charge in [0.05, 0.1) is 13.0 Å². The topological polar surface area (TPSA) is 46.5 Å². The Morgan fingerprint density at radius 1 is 1.78 bits per heavy atom. The quantitative estimate of drug-likeness (QED) is 0.513. The van der Waals surface area contributed by atoms with Gasteiger partial charge in [0, 0.05) is 5.57 Å². The molecule has 1 rings (SSSR count). The molecule has 9 heavy (non-hydrogen) atoms. The number of hydrogen-bond donors (Lipinski definition) is 1. The normalized spacial score (nSPS) is 18.7. The zero-order valence-corrected chi connectivity index (χ0v) is 5.18. The van der Waals surface area contributed by atoms with Gasteiger partial charge in [-0.1, -0.05) is 0 Å². The van der Waals surface area contributed by atoms with Gasteiger partial charge >= 0.3 is 5.97 Å². The van der Waals surface area contributed by atoms with E-state index in [4.69, 9.17) is 5.11 Å². The maximum Gasteiger partial charge on any atom is 0.315 e.